The molecule has 1 atom stereocenters. The Morgan fingerprint density at radius 1 is 1.23 bits per heavy atom. The van der Waals surface area contributed by atoms with Gasteiger partial charge in [0.15, 0.2) is 0 Å². The van der Waals surface area contributed by atoms with Crippen molar-refractivity contribution in [2.24, 2.45) is 0 Å². The van der Waals surface area contributed by atoms with Crippen LogP contribution >= 0.6 is 22.7 Å². The Kier molecular flexibility index (Phi) is 5.47. The van der Waals surface area contributed by atoms with E-state index in [9.17, 15) is 4.79 Å². The lowest BCUT2D eigenvalue weighted by atomic mass is 10.2. The number of hydrogen-bond acceptors (Lipinski definition) is 6. The van der Waals surface area contributed by atoms with Gasteiger partial charge >= 0.3 is 6.03 Å². The van der Waals surface area contributed by atoms with E-state index < -0.39 is 0 Å². The van der Waals surface area contributed by atoms with Gasteiger partial charge in [-0.2, -0.15) is 0 Å². The number of nitrogens with one attached hydrogen (secondary N) is 1. The highest BCUT2D eigenvalue weighted by Gasteiger charge is 2.22. The average molecular weight is 339 g/mol. The van der Waals surface area contributed by atoms with Crippen LogP contribution in [0.1, 0.15) is 47.4 Å². The number of amides is 2. The first-order valence-corrected chi connectivity index (χ1v) is 8.91. The Morgan fingerprint density at radius 3 is 2.45 bits per heavy atom. The van der Waals surface area contributed by atoms with Gasteiger partial charge in [0.1, 0.15) is 5.01 Å². The maximum atomic E-state index is 12.4. The van der Waals surface area contributed by atoms with Gasteiger partial charge in [-0.15, -0.1) is 21.5 Å². The molecule has 0 aliphatic heterocycles. The van der Waals surface area contributed by atoms with Crippen LogP contribution < -0.4 is 5.32 Å². The van der Waals surface area contributed by atoms with E-state index in [0.717, 1.165) is 33.4 Å². The summed E-state index contributed by atoms with van der Waals surface area (Å²) in [5, 5.41) is 13.3. The summed E-state index contributed by atoms with van der Waals surface area (Å²) >= 11 is 3.08. The third-order valence-corrected chi connectivity index (χ3v) is 5.90. The maximum Gasteiger partial charge on any atom is 0.323 e. The molecule has 2 aromatic rings. The Labute approximate surface area is 138 Å². The van der Waals surface area contributed by atoms with Crippen molar-refractivity contribution in [3.8, 4) is 0 Å². The zero-order valence-corrected chi connectivity index (χ0v) is 15.1. The summed E-state index contributed by atoms with van der Waals surface area (Å²) in [5.74, 6) is 0. The molecular formula is C14H21N5OS2. The van der Waals surface area contributed by atoms with E-state index in [-0.39, 0.29) is 12.1 Å². The number of carbonyl (C=O) groups excluding carboxylic acids is 1. The van der Waals surface area contributed by atoms with Crippen LogP contribution in [0, 0.1) is 6.92 Å². The number of urea groups is 1. The number of aryl methyl sites for hydroxylation is 3. The van der Waals surface area contributed by atoms with Gasteiger partial charge in [0, 0.05) is 11.9 Å². The molecule has 0 aliphatic carbocycles. The minimum absolute atomic E-state index is 0.0311. The summed E-state index contributed by atoms with van der Waals surface area (Å²) in [6, 6.07) is -0.214. The fourth-order valence-electron chi connectivity index (χ4n) is 1.98. The molecule has 120 valence electrons. The first-order valence-electron chi connectivity index (χ1n) is 7.28. The van der Waals surface area contributed by atoms with E-state index in [1.54, 1.807) is 23.3 Å². The van der Waals surface area contributed by atoms with Gasteiger partial charge in [0.2, 0.25) is 5.13 Å². The van der Waals surface area contributed by atoms with Crippen molar-refractivity contribution < 1.29 is 4.79 Å². The topological polar surface area (TPSA) is 71.0 Å². The number of carbonyl (C=O) groups is 1. The Bertz CT molecular complexity index is 651. The van der Waals surface area contributed by atoms with E-state index in [4.69, 9.17) is 0 Å². The molecule has 0 aromatic carbocycles. The lowest BCUT2D eigenvalue weighted by molar-refractivity contribution is 0.209. The Hall–Kier alpha value is -1.54. The van der Waals surface area contributed by atoms with Crippen molar-refractivity contribution in [3.63, 3.8) is 0 Å². The molecular weight excluding hydrogens is 318 g/mol. The maximum absolute atomic E-state index is 12.4. The first-order chi connectivity index (χ1) is 10.5. The van der Waals surface area contributed by atoms with Gasteiger partial charge in [-0.1, -0.05) is 25.2 Å². The van der Waals surface area contributed by atoms with E-state index in [1.807, 2.05) is 20.8 Å². The van der Waals surface area contributed by atoms with Crippen molar-refractivity contribution in [2.75, 3.05) is 12.4 Å². The van der Waals surface area contributed by atoms with Crippen LogP contribution in [0.5, 0.6) is 0 Å². The molecule has 0 bridgehead atoms. The lowest BCUT2D eigenvalue weighted by Crippen LogP contribution is -2.33. The smallest absolute Gasteiger partial charge is 0.320 e. The van der Waals surface area contributed by atoms with Crippen molar-refractivity contribution in [1.82, 2.24) is 20.1 Å². The third-order valence-electron chi connectivity index (χ3n) is 3.44. The molecule has 0 saturated carbocycles. The van der Waals surface area contributed by atoms with E-state index in [1.165, 1.54) is 11.3 Å². The summed E-state index contributed by atoms with van der Waals surface area (Å²) in [7, 11) is 1.78. The summed E-state index contributed by atoms with van der Waals surface area (Å²) in [4.78, 5) is 19.7. The summed E-state index contributed by atoms with van der Waals surface area (Å²) in [6.45, 7) is 8.10. The molecule has 2 amide bonds. The highest BCUT2D eigenvalue weighted by atomic mass is 32.1. The number of hydrogen-bond donors (Lipinski definition) is 1. The zero-order valence-electron chi connectivity index (χ0n) is 13.5. The fourth-order valence-corrected chi connectivity index (χ4v) is 3.75. The van der Waals surface area contributed by atoms with E-state index >= 15 is 0 Å². The first kappa shape index (κ1) is 16.8. The number of rotatable bonds is 5. The monoisotopic (exact) mass is 339 g/mol. The van der Waals surface area contributed by atoms with Crippen molar-refractivity contribution in [2.45, 2.75) is 46.6 Å². The highest BCUT2D eigenvalue weighted by Crippen LogP contribution is 2.29. The number of anilines is 1. The van der Waals surface area contributed by atoms with Crippen LogP contribution in [0.25, 0.3) is 0 Å². The minimum Gasteiger partial charge on any atom is -0.320 e. The zero-order chi connectivity index (χ0) is 16.3. The van der Waals surface area contributed by atoms with Crippen LogP contribution in [0.3, 0.4) is 0 Å². The highest BCUT2D eigenvalue weighted by molar-refractivity contribution is 7.15. The molecule has 0 spiro atoms. The van der Waals surface area contributed by atoms with Gasteiger partial charge in [-0.3, -0.25) is 5.32 Å². The van der Waals surface area contributed by atoms with Crippen LogP contribution in [0.15, 0.2) is 0 Å². The number of thiazole rings is 1. The van der Waals surface area contributed by atoms with Crippen LogP contribution in [0.2, 0.25) is 0 Å². The van der Waals surface area contributed by atoms with E-state index in [2.05, 4.69) is 27.4 Å². The van der Waals surface area contributed by atoms with E-state index in [0.29, 0.717) is 5.13 Å². The lowest BCUT2D eigenvalue weighted by Gasteiger charge is -2.24. The summed E-state index contributed by atoms with van der Waals surface area (Å²) in [6.07, 6.45) is 1.73. The molecule has 22 heavy (non-hydrogen) atoms. The summed E-state index contributed by atoms with van der Waals surface area (Å²) in [5.41, 5.74) is 0.998. The van der Waals surface area contributed by atoms with Crippen LogP contribution in [-0.2, 0) is 12.8 Å². The second kappa shape index (κ2) is 7.15. The summed E-state index contributed by atoms with van der Waals surface area (Å²) < 4.78 is 0. The normalized spacial score (nSPS) is 12.2. The Balaban J connectivity index is 2.07. The van der Waals surface area contributed by atoms with Crippen LogP contribution in [-0.4, -0.2) is 33.2 Å². The van der Waals surface area contributed by atoms with Crippen molar-refractivity contribution in [3.05, 3.63) is 20.6 Å². The van der Waals surface area contributed by atoms with Gasteiger partial charge < -0.3 is 4.90 Å². The third kappa shape index (κ3) is 3.61. The standard InChI is InChI=1S/C14H21N5OS2/c1-6-10-15-8(3)12(21-10)9(4)19(5)14(20)16-13-18-17-11(7-2)22-13/h9H,6-7H2,1-5H3,(H,16,18,20). The second-order valence-corrected chi connectivity index (χ2v) is 7.16. The molecule has 6 nitrogen and oxygen atoms in total. The molecule has 8 heteroatoms. The largest absolute Gasteiger partial charge is 0.323 e. The Morgan fingerprint density at radius 2 is 1.91 bits per heavy atom. The minimum atomic E-state index is -0.183. The van der Waals surface area contributed by atoms with Gasteiger partial charge in [-0.05, 0) is 26.7 Å². The molecule has 1 unspecified atom stereocenters. The molecule has 2 heterocycles. The number of aromatic nitrogens is 3. The van der Waals surface area contributed by atoms with Gasteiger partial charge in [0.05, 0.1) is 16.7 Å². The van der Waals surface area contributed by atoms with Crippen molar-refractivity contribution >= 4 is 33.8 Å². The van der Waals surface area contributed by atoms with Crippen LogP contribution in [0.4, 0.5) is 9.93 Å². The molecule has 1 N–H and O–H groups in total. The molecule has 2 rings (SSSR count). The SMILES string of the molecule is CCc1nnc(NC(=O)N(C)C(C)c2sc(CC)nc2C)s1. The van der Waals surface area contributed by atoms with Crippen molar-refractivity contribution in [1.29, 1.82) is 0 Å². The molecule has 0 saturated heterocycles. The number of nitrogens with zero attached hydrogens (tertiary/aromatic N) is 4. The molecule has 0 aliphatic rings. The predicted octanol–water partition coefficient (Wildman–Crippen LogP) is 3.65. The second-order valence-electron chi connectivity index (χ2n) is 4.98. The van der Waals surface area contributed by atoms with Gasteiger partial charge in [0.25, 0.3) is 0 Å². The predicted molar refractivity (Wildman–Crippen MR) is 90.7 cm³/mol. The average Bonchev–Trinajstić information content (AvgIpc) is 3.11. The fraction of sp³-hybridized carbons (Fsp3) is 0.571. The van der Waals surface area contributed by atoms with Gasteiger partial charge in [-0.25, -0.2) is 9.78 Å². The quantitative estimate of drug-likeness (QED) is 0.902. The molecule has 2 aromatic heterocycles. The molecule has 0 radical (unpaired) electrons. The molecule has 0 fully saturated rings.